The quantitative estimate of drug-likeness (QED) is 0.772. The van der Waals surface area contributed by atoms with Crippen LogP contribution in [0, 0.1) is 5.92 Å². The van der Waals surface area contributed by atoms with Gasteiger partial charge in [0.05, 0.1) is 5.92 Å². The first-order valence-corrected chi connectivity index (χ1v) is 4.68. The van der Waals surface area contributed by atoms with Crippen molar-refractivity contribution in [3.05, 3.63) is 41.5 Å². The van der Waals surface area contributed by atoms with Crippen molar-refractivity contribution >= 4 is 12.0 Å². The van der Waals surface area contributed by atoms with Crippen molar-refractivity contribution in [2.45, 2.75) is 12.8 Å². The van der Waals surface area contributed by atoms with E-state index in [2.05, 4.69) is 6.58 Å². The number of fused-ring (bicyclic) bond motifs is 1. The normalized spacial score (nSPS) is 19.0. The molecule has 0 saturated heterocycles. The Morgan fingerprint density at radius 1 is 1.50 bits per heavy atom. The highest BCUT2D eigenvalue weighted by atomic mass is 16.4. The van der Waals surface area contributed by atoms with Crippen LogP contribution in [0.25, 0.3) is 6.08 Å². The van der Waals surface area contributed by atoms with Crippen molar-refractivity contribution in [3.8, 4) is 0 Å². The molecule has 14 heavy (non-hydrogen) atoms. The van der Waals surface area contributed by atoms with E-state index >= 15 is 0 Å². The first-order chi connectivity index (χ1) is 6.72. The lowest BCUT2D eigenvalue weighted by molar-refractivity contribution is -0.141. The van der Waals surface area contributed by atoms with Gasteiger partial charge in [-0.25, -0.2) is 0 Å². The molecular formula is C12H12O2. The number of hydrogen-bond donors (Lipinski definition) is 1. The summed E-state index contributed by atoms with van der Waals surface area (Å²) in [5.74, 6) is -0.942. The van der Waals surface area contributed by atoms with Crippen molar-refractivity contribution in [2.75, 3.05) is 0 Å². The minimum atomic E-state index is -0.698. The molecule has 72 valence electrons. The van der Waals surface area contributed by atoms with Gasteiger partial charge in [-0.15, -0.1) is 0 Å². The second-order valence-corrected chi connectivity index (χ2v) is 3.63. The summed E-state index contributed by atoms with van der Waals surface area (Å²) in [6.45, 7) is 3.73. The van der Waals surface area contributed by atoms with E-state index in [0.717, 1.165) is 16.7 Å². The van der Waals surface area contributed by atoms with E-state index in [1.165, 1.54) is 0 Å². The molecule has 0 fully saturated rings. The Hall–Kier alpha value is -1.57. The molecule has 0 saturated carbocycles. The van der Waals surface area contributed by atoms with Crippen molar-refractivity contribution in [3.63, 3.8) is 0 Å². The van der Waals surface area contributed by atoms with Crippen LogP contribution in [0.1, 0.15) is 16.7 Å². The van der Waals surface area contributed by atoms with Gasteiger partial charge in [-0.1, -0.05) is 30.9 Å². The van der Waals surface area contributed by atoms with Gasteiger partial charge in [0.1, 0.15) is 0 Å². The third-order valence-corrected chi connectivity index (χ3v) is 2.80. The van der Waals surface area contributed by atoms with Gasteiger partial charge in [0.2, 0.25) is 0 Å². The molecule has 0 bridgehead atoms. The van der Waals surface area contributed by atoms with Gasteiger partial charge in [-0.3, -0.25) is 4.79 Å². The first kappa shape index (κ1) is 9.00. The van der Waals surface area contributed by atoms with Crippen LogP contribution in [-0.4, -0.2) is 11.1 Å². The van der Waals surface area contributed by atoms with Gasteiger partial charge in [0.25, 0.3) is 0 Å². The van der Waals surface area contributed by atoms with Gasteiger partial charge in [0.15, 0.2) is 0 Å². The second kappa shape index (κ2) is 3.29. The maximum Gasteiger partial charge on any atom is 0.307 e. The molecule has 2 heteroatoms. The molecule has 1 unspecified atom stereocenters. The molecule has 1 aromatic carbocycles. The van der Waals surface area contributed by atoms with Crippen LogP contribution in [0.5, 0.6) is 0 Å². The second-order valence-electron chi connectivity index (χ2n) is 3.63. The fourth-order valence-corrected chi connectivity index (χ4v) is 2.04. The third-order valence-electron chi connectivity index (χ3n) is 2.80. The summed E-state index contributed by atoms with van der Waals surface area (Å²) in [5.41, 5.74) is 3.40. The molecule has 1 atom stereocenters. The van der Waals surface area contributed by atoms with E-state index in [1.54, 1.807) is 6.08 Å². The average Bonchev–Trinajstić information content (AvgIpc) is 2.60. The number of carbonyl (C=O) groups is 1. The lowest BCUT2D eigenvalue weighted by Gasteiger charge is -2.02. The fraction of sp³-hybridized carbons (Fsp3) is 0.250. The molecule has 2 rings (SSSR count). The van der Waals surface area contributed by atoms with Crippen molar-refractivity contribution in [1.29, 1.82) is 0 Å². The molecule has 1 aliphatic carbocycles. The Balaban J connectivity index is 2.39. The predicted molar refractivity (Wildman–Crippen MR) is 55.1 cm³/mol. The van der Waals surface area contributed by atoms with Crippen LogP contribution < -0.4 is 0 Å². The van der Waals surface area contributed by atoms with E-state index < -0.39 is 5.97 Å². The van der Waals surface area contributed by atoms with Crippen molar-refractivity contribution < 1.29 is 9.90 Å². The number of benzene rings is 1. The van der Waals surface area contributed by atoms with E-state index in [9.17, 15) is 4.79 Å². The maximum atomic E-state index is 10.8. The largest absolute Gasteiger partial charge is 0.481 e. The Kier molecular flexibility index (Phi) is 2.12. The van der Waals surface area contributed by atoms with Crippen molar-refractivity contribution in [2.24, 2.45) is 5.92 Å². The molecular weight excluding hydrogens is 176 g/mol. The molecule has 0 spiro atoms. The summed E-state index contributed by atoms with van der Waals surface area (Å²) in [5, 5.41) is 8.92. The molecule has 0 radical (unpaired) electrons. The number of aliphatic carboxylic acids is 1. The number of rotatable bonds is 2. The summed E-state index contributed by atoms with van der Waals surface area (Å²) in [6, 6.07) is 5.95. The van der Waals surface area contributed by atoms with E-state index in [0.29, 0.717) is 12.8 Å². The zero-order chi connectivity index (χ0) is 10.1. The summed E-state index contributed by atoms with van der Waals surface area (Å²) in [6.07, 6.45) is 3.10. The predicted octanol–water partition coefficient (Wildman–Crippen LogP) is 2.13. The Bertz CT molecular complexity index is 393. The van der Waals surface area contributed by atoms with Crippen LogP contribution in [0.4, 0.5) is 0 Å². The fourth-order valence-electron chi connectivity index (χ4n) is 2.04. The average molecular weight is 188 g/mol. The third kappa shape index (κ3) is 1.33. The molecule has 1 aromatic rings. The van der Waals surface area contributed by atoms with Gasteiger partial charge in [-0.05, 0) is 29.5 Å². The molecule has 0 aromatic heterocycles. The number of carboxylic acid groups (broad SMARTS) is 1. The van der Waals surface area contributed by atoms with Gasteiger partial charge in [-0.2, -0.15) is 0 Å². The minimum absolute atomic E-state index is 0.244. The monoisotopic (exact) mass is 188 g/mol. The SMILES string of the molecule is C=Cc1cccc2c1CC(C(=O)O)C2. The molecule has 1 aliphatic rings. The first-order valence-electron chi connectivity index (χ1n) is 4.68. The van der Waals surface area contributed by atoms with Gasteiger partial charge in [0, 0.05) is 0 Å². The van der Waals surface area contributed by atoms with Crippen molar-refractivity contribution in [1.82, 2.24) is 0 Å². The highest BCUT2D eigenvalue weighted by Gasteiger charge is 2.27. The molecule has 0 aliphatic heterocycles. The Morgan fingerprint density at radius 2 is 2.29 bits per heavy atom. The number of hydrogen-bond acceptors (Lipinski definition) is 1. The minimum Gasteiger partial charge on any atom is -0.481 e. The Labute approximate surface area is 82.9 Å². The van der Waals surface area contributed by atoms with E-state index in [4.69, 9.17) is 5.11 Å². The molecule has 0 heterocycles. The van der Waals surface area contributed by atoms with Gasteiger partial charge >= 0.3 is 5.97 Å². The lowest BCUT2D eigenvalue weighted by Crippen LogP contribution is -2.12. The summed E-state index contributed by atoms with van der Waals surface area (Å²) >= 11 is 0. The summed E-state index contributed by atoms with van der Waals surface area (Å²) in [7, 11) is 0. The Morgan fingerprint density at radius 3 is 2.93 bits per heavy atom. The zero-order valence-corrected chi connectivity index (χ0v) is 7.86. The highest BCUT2D eigenvalue weighted by Crippen LogP contribution is 2.29. The lowest BCUT2D eigenvalue weighted by atomic mass is 10.0. The molecule has 1 N–H and O–H groups in total. The smallest absolute Gasteiger partial charge is 0.307 e. The van der Waals surface area contributed by atoms with Crippen LogP contribution in [-0.2, 0) is 17.6 Å². The van der Waals surface area contributed by atoms with Crippen LogP contribution >= 0.6 is 0 Å². The van der Waals surface area contributed by atoms with Crippen LogP contribution in [0.15, 0.2) is 24.8 Å². The maximum absolute atomic E-state index is 10.8. The van der Waals surface area contributed by atoms with Crippen LogP contribution in [0.3, 0.4) is 0 Å². The highest BCUT2D eigenvalue weighted by molar-refractivity contribution is 5.73. The van der Waals surface area contributed by atoms with E-state index in [-0.39, 0.29) is 5.92 Å². The summed E-state index contributed by atoms with van der Waals surface area (Å²) in [4.78, 5) is 10.8. The summed E-state index contributed by atoms with van der Waals surface area (Å²) < 4.78 is 0. The van der Waals surface area contributed by atoms with Gasteiger partial charge < -0.3 is 5.11 Å². The molecule has 0 amide bonds. The van der Waals surface area contributed by atoms with E-state index in [1.807, 2.05) is 18.2 Å². The standard InChI is InChI=1S/C12H12O2/c1-2-8-4-3-5-9-6-10(12(13)14)7-11(8)9/h2-5,10H,1,6-7H2,(H,13,14). The number of carboxylic acids is 1. The zero-order valence-electron chi connectivity index (χ0n) is 7.86. The topological polar surface area (TPSA) is 37.3 Å². The van der Waals surface area contributed by atoms with Crippen LogP contribution in [0.2, 0.25) is 0 Å². The molecule has 2 nitrogen and oxygen atoms in total.